The molecule has 6 rings (SSSR count). The van der Waals surface area contributed by atoms with E-state index in [1.165, 1.54) is 29.2 Å². The van der Waals surface area contributed by atoms with Gasteiger partial charge in [-0.25, -0.2) is 17.1 Å². The van der Waals surface area contributed by atoms with Gasteiger partial charge in [0.1, 0.15) is 5.82 Å². The molecule has 32 heavy (non-hydrogen) atoms. The Morgan fingerprint density at radius 1 is 1.00 bits per heavy atom. The van der Waals surface area contributed by atoms with Crippen molar-refractivity contribution < 1.29 is 12.8 Å². The molecule has 4 nitrogen and oxygen atoms in total. The fraction of sp³-hybridized carbons (Fsp3) is 0.538. The summed E-state index contributed by atoms with van der Waals surface area (Å²) in [6, 6.07) is 14.3. The second-order valence-electron chi connectivity index (χ2n) is 10.2. The van der Waals surface area contributed by atoms with E-state index in [-0.39, 0.29) is 17.0 Å². The summed E-state index contributed by atoms with van der Waals surface area (Å²) in [5, 5.41) is -0.142. The fourth-order valence-corrected chi connectivity index (χ4v) is 8.06. The Kier molecular flexibility index (Phi) is 5.16. The molecule has 0 spiro atoms. The lowest BCUT2D eigenvalue weighted by Crippen LogP contribution is -2.52. The molecule has 2 aromatic carbocycles. The molecule has 2 saturated heterocycles. The summed E-state index contributed by atoms with van der Waals surface area (Å²) in [4.78, 5) is 2.58. The first-order valence-electron chi connectivity index (χ1n) is 12.1. The van der Waals surface area contributed by atoms with Crippen molar-refractivity contribution in [2.24, 2.45) is 0 Å². The maximum Gasteiger partial charge on any atom is 0.217 e. The van der Waals surface area contributed by atoms with Crippen molar-refractivity contribution in [2.75, 3.05) is 26.2 Å². The third kappa shape index (κ3) is 3.51. The highest BCUT2D eigenvalue weighted by molar-refractivity contribution is 7.89. The molecule has 2 aliphatic heterocycles. The Balaban J connectivity index is 1.23. The predicted molar refractivity (Wildman–Crippen MR) is 124 cm³/mol. The molecule has 0 aromatic heterocycles. The highest BCUT2D eigenvalue weighted by Gasteiger charge is 2.44. The minimum absolute atomic E-state index is 0.142. The molecule has 2 aromatic rings. The first kappa shape index (κ1) is 20.8. The van der Waals surface area contributed by atoms with Crippen LogP contribution >= 0.6 is 0 Å². The van der Waals surface area contributed by atoms with Crippen LogP contribution in [0.5, 0.6) is 0 Å². The average molecular weight is 455 g/mol. The predicted octanol–water partition coefficient (Wildman–Crippen LogP) is 4.06. The molecule has 0 N–H and O–H groups in total. The minimum atomic E-state index is -3.10. The normalized spacial score (nSPS) is 26.9. The van der Waals surface area contributed by atoms with Crippen molar-refractivity contribution in [3.8, 4) is 0 Å². The number of fused-ring (bicyclic) bond motifs is 1. The van der Waals surface area contributed by atoms with E-state index < -0.39 is 10.0 Å². The summed E-state index contributed by atoms with van der Waals surface area (Å²) >= 11 is 0. The standard InChI is InChI=1S/C26H31FN2O2S/c27-22-5-1-4-18(12-22)13-25-24-14-19(8-9-20(24)15-26(25)28-10-3-11-28)21-16-29(17-21)32(30,31)23-6-2-7-23/h1,4-5,8-9,12,14,21,23,25-26H,2-3,6-7,10-11,13,15-17H2. The van der Waals surface area contributed by atoms with Crippen molar-refractivity contribution in [3.05, 3.63) is 70.5 Å². The number of likely N-dealkylation sites (tertiary alicyclic amines) is 1. The molecule has 0 radical (unpaired) electrons. The van der Waals surface area contributed by atoms with Crippen LogP contribution in [0.1, 0.15) is 59.8 Å². The van der Waals surface area contributed by atoms with Crippen molar-refractivity contribution in [2.45, 2.75) is 61.7 Å². The number of sulfonamides is 1. The van der Waals surface area contributed by atoms with Crippen LogP contribution < -0.4 is 0 Å². The Hall–Kier alpha value is -1.76. The van der Waals surface area contributed by atoms with Gasteiger partial charge in [0.25, 0.3) is 0 Å². The van der Waals surface area contributed by atoms with E-state index in [4.69, 9.17) is 0 Å². The Morgan fingerprint density at radius 2 is 1.81 bits per heavy atom. The molecular weight excluding hydrogens is 423 g/mol. The van der Waals surface area contributed by atoms with E-state index in [1.807, 2.05) is 6.07 Å². The summed E-state index contributed by atoms with van der Waals surface area (Å²) in [7, 11) is -3.10. The molecule has 4 aliphatic rings. The highest BCUT2D eigenvalue weighted by atomic mass is 32.2. The van der Waals surface area contributed by atoms with Crippen LogP contribution in [0.2, 0.25) is 0 Å². The van der Waals surface area contributed by atoms with Crippen LogP contribution in [0, 0.1) is 5.82 Å². The van der Waals surface area contributed by atoms with Crippen LogP contribution in [0.3, 0.4) is 0 Å². The molecular formula is C26H31FN2O2S. The molecule has 2 aliphatic carbocycles. The first-order chi connectivity index (χ1) is 15.5. The summed E-state index contributed by atoms with van der Waals surface area (Å²) in [5.41, 5.74) is 5.12. The van der Waals surface area contributed by atoms with E-state index in [2.05, 4.69) is 23.1 Å². The van der Waals surface area contributed by atoms with Crippen molar-refractivity contribution in [3.63, 3.8) is 0 Å². The molecule has 170 valence electrons. The van der Waals surface area contributed by atoms with Crippen LogP contribution in [-0.2, 0) is 22.9 Å². The van der Waals surface area contributed by atoms with Crippen molar-refractivity contribution in [1.29, 1.82) is 0 Å². The van der Waals surface area contributed by atoms with Crippen molar-refractivity contribution in [1.82, 2.24) is 9.21 Å². The lowest BCUT2D eigenvalue weighted by Gasteiger charge is -2.42. The van der Waals surface area contributed by atoms with Gasteiger partial charge < -0.3 is 0 Å². The number of benzene rings is 2. The van der Waals surface area contributed by atoms with Crippen molar-refractivity contribution >= 4 is 10.0 Å². The zero-order valence-corrected chi connectivity index (χ0v) is 19.2. The van der Waals surface area contributed by atoms with E-state index in [0.29, 0.717) is 25.0 Å². The Labute approximate surface area is 190 Å². The van der Waals surface area contributed by atoms with E-state index in [1.54, 1.807) is 16.4 Å². The quantitative estimate of drug-likeness (QED) is 0.661. The van der Waals surface area contributed by atoms with Gasteiger partial charge in [-0.1, -0.05) is 36.8 Å². The number of rotatable bonds is 6. The second kappa shape index (κ2) is 7.93. The van der Waals surface area contributed by atoms with Gasteiger partial charge in [-0.15, -0.1) is 0 Å². The van der Waals surface area contributed by atoms with Crippen LogP contribution in [0.4, 0.5) is 4.39 Å². The van der Waals surface area contributed by atoms with Gasteiger partial charge >= 0.3 is 0 Å². The Bertz CT molecular complexity index is 1120. The average Bonchev–Trinajstić information content (AvgIpc) is 2.94. The smallest absolute Gasteiger partial charge is 0.217 e. The SMILES string of the molecule is O=S(=O)(C1CCC1)N1CC(c2ccc3c(c2)C(Cc2cccc(F)c2)C(N2CCC2)C3)C1. The number of nitrogens with zero attached hydrogens (tertiary/aromatic N) is 2. The third-order valence-electron chi connectivity index (χ3n) is 8.32. The summed E-state index contributed by atoms with van der Waals surface area (Å²) in [6.45, 7) is 3.53. The second-order valence-corrected chi connectivity index (χ2v) is 12.4. The molecule has 3 fully saturated rings. The van der Waals surface area contributed by atoms with E-state index in [0.717, 1.165) is 50.8 Å². The highest BCUT2D eigenvalue weighted by Crippen LogP contribution is 2.43. The van der Waals surface area contributed by atoms with E-state index in [9.17, 15) is 12.8 Å². The summed E-state index contributed by atoms with van der Waals surface area (Å²) in [6.07, 6.45) is 5.85. The van der Waals surface area contributed by atoms with Gasteiger partial charge in [-0.3, -0.25) is 4.90 Å². The Morgan fingerprint density at radius 3 is 2.47 bits per heavy atom. The fourth-order valence-electron chi connectivity index (χ4n) is 5.93. The number of halogens is 1. The zero-order chi connectivity index (χ0) is 21.9. The largest absolute Gasteiger partial charge is 0.299 e. The third-order valence-corrected chi connectivity index (χ3v) is 10.7. The van der Waals surface area contributed by atoms with Gasteiger partial charge in [0.05, 0.1) is 5.25 Å². The monoisotopic (exact) mass is 454 g/mol. The van der Waals surface area contributed by atoms with Crippen LogP contribution in [0.25, 0.3) is 0 Å². The van der Waals surface area contributed by atoms with Gasteiger partial charge in [-0.2, -0.15) is 0 Å². The first-order valence-corrected chi connectivity index (χ1v) is 13.6. The van der Waals surface area contributed by atoms with E-state index >= 15 is 0 Å². The van der Waals surface area contributed by atoms with Gasteiger partial charge in [0.15, 0.2) is 0 Å². The number of hydrogen-bond donors (Lipinski definition) is 0. The van der Waals surface area contributed by atoms with Gasteiger partial charge in [0, 0.05) is 31.0 Å². The summed E-state index contributed by atoms with van der Waals surface area (Å²) < 4.78 is 40.9. The minimum Gasteiger partial charge on any atom is -0.299 e. The molecule has 0 bridgehead atoms. The molecule has 1 saturated carbocycles. The molecule has 2 heterocycles. The van der Waals surface area contributed by atoms with Crippen LogP contribution in [-0.4, -0.2) is 55.1 Å². The number of hydrogen-bond acceptors (Lipinski definition) is 3. The topological polar surface area (TPSA) is 40.6 Å². The van der Waals surface area contributed by atoms with Gasteiger partial charge in [0.2, 0.25) is 10.0 Å². The summed E-state index contributed by atoms with van der Waals surface area (Å²) in [5.74, 6) is 0.479. The zero-order valence-electron chi connectivity index (χ0n) is 18.4. The lowest BCUT2D eigenvalue weighted by atomic mass is 9.86. The maximum absolute atomic E-state index is 13.8. The molecule has 2 unspecified atom stereocenters. The van der Waals surface area contributed by atoms with Crippen LogP contribution in [0.15, 0.2) is 42.5 Å². The molecule has 0 amide bonds. The molecule has 2 atom stereocenters. The van der Waals surface area contributed by atoms with Gasteiger partial charge in [-0.05, 0) is 79.6 Å². The maximum atomic E-state index is 13.8. The lowest BCUT2D eigenvalue weighted by molar-refractivity contribution is 0.106. The molecule has 6 heteroatoms.